The number of piperidine rings is 1. The molecule has 1 atom stereocenters. The van der Waals surface area contributed by atoms with E-state index in [1.807, 2.05) is 0 Å². The van der Waals surface area contributed by atoms with Crippen LogP contribution in [0.25, 0.3) is 0 Å². The lowest BCUT2D eigenvalue weighted by Crippen LogP contribution is -2.50. The van der Waals surface area contributed by atoms with Crippen LogP contribution in [0.4, 0.5) is 4.79 Å². The molecule has 1 aliphatic heterocycles. The lowest BCUT2D eigenvalue weighted by atomic mass is 9.75. The molecular weight excluding hydrogens is 192 g/mol. The Morgan fingerprint density at radius 3 is 2.33 bits per heavy atom. The Hall–Kier alpha value is -0.770. The van der Waals surface area contributed by atoms with Gasteiger partial charge in [0.15, 0.2) is 0 Å². The molecule has 0 saturated carbocycles. The topological polar surface area (TPSA) is 61.4 Å². The maximum atomic E-state index is 10.8. The van der Waals surface area contributed by atoms with E-state index in [2.05, 4.69) is 31.4 Å². The molecule has 1 unspecified atom stereocenters. The van der Waals surface area contributed by atoms with Gasteiger partial charge in [0.25, 0.3) is 0 Å². The van der Waals surface area contributed by atoms with Gasteiger partial charge in [-0.1, -0.05) is 20.8 Å². The Kier molecular flexibility index (Phi) is 3.97. The van der Waals surface area contributed by atoms with Gasteiger partial charge in [0.2, 0.25) is 0 Å². The van der Waals surface area contributed by atoms with Gasteiger partial charge in [0, 0.05) is 6.04 Å². The maximum Gasteiger partial charge on any atom is 0.404 e. The average molecular weight is 214 g/mol. The molecule has 0 aromatic carbocycles. The van der Waals surface area contributed by atoms with E-state index < -0.39 is 6.09 Å². The third kappa shape index (κ3) is 3.70. The first-order valence-corrected chi connectivity index (χ1v) is 5.61. The van der Waals surface area contributed by atoms with Crippen LogP contribution in [0.3, 0.4) is 0 Å². The first-order valence-electron chi connectivity index (χ1n) is 5.61. The Morgan fingerprint density at radius 2 is 1.93 bits per heavy atom. The van der Waals surface area contributed by atoms with E-state index in [4.69, 9.17) is 5.11 Å². The molecule has 3 N–H and O–H groups in total. The second-order valence-electron chi connectivity index (χ2n) is 5.38. The third-order valence-corrected chi connectivity index (χ3v) is 3.07. The van der Waals surface area contributed by atoms with Gasteiger partial charge >= 0.3 is 6.09 Å². The highest BCUT2D eigenvalue weighted by Crippen LogP contribution is 2.30. The highest BCUT2D eigenvalue weighted by Gasteiger charge is 2.33. The summed E-state index contributed by atoms with van der Waals surface area (Å²) in [7, 11) is 0. The first kappa shape index (κ1) is 12.3. The molecule has 0 aliphatic carbocycles. The van der Waals surface area contributed by atoms with Gasteiger partial charge in [0.1, 0.15) is 0 Å². The van der Waals surface area contributed by atoms with E-state index in [1.165, 1.54) is 0 Å². The molecule has 0 spiro atoms. The van der Waals surface area contributed by atoms with Gasteiger partial charge in [-0.25, -0.2) is 4.79 Å². The quantitative estimate of drug-likeness (QED) is 0.655. The molecule has 4 heteroatoms. The molecule has 1 saturated heterocycles. The molecule has 1 aliphatic rings. The van der Waals surface area contributed by atoms with Crippen molar-refractivity contribution in [3.8, 4) is 0 Å². The molecular formula is C11H22N2O2. The van der Waals surface area contributed by atoms with Crippen molar-refractivity contribution in [2.75, 3.05) is 13.1 Å². The van der Waals surface area contributed by atoms with E-state index in [0.29, 0.717) is 5.92 Å². The van der Waals surface area contributed by atoms with Crippen LogP contribution in [0.2, 0.25) is 0 Å². The largest absolute Gasteiger partial charge is 0.465 e. The molecule has 1 fully saturated rings. The zero-order valence-corrected chi connectivity index (χ0v) is 9.84. The van der Waals surface area contributed by atoms with Crippen molar-refractivity contribution in [1.29, 1.82) is 0 Å². The van der Waals surface area contributed by atoms with Crippen LogP contribution < -0.4 is 10.6 Å². The molecule has 1 rings (SSSR count). The number of hydrogen-bond acceptors (Lipinski definition) is 2. The molecule has 0 bridgehead atoms. The van der Waals surface area contributed by atoms with Crippen molar-refractivity contribution >= 4 is 6.09 Å². The highest BCUT2D eigenvalue weighted by atomic mass is 16.4. The molecule has 1 amide bonds. The van der Waals surface area contributed by atoms with Gasteiger partial charge < -0.3 is 15.7 Å². The van der Waals surface area contributed by atoms with Gasteiger partial charge in [-0.3, -0.25) is 0 Å². The standard InChI is InChI=1S/C11H22N2O2/c1-11(2,3)9(13-10(14)15)8-4-6-12-7-5-8/h8-9,12-13H,4-7H2,1-3H3,(H,14,15). The summed E-state index contributed by atoms with van der Waals surface area (Å²) in [5.41, 5.74) is -0.0135. The highest BCUT2D eigenvalue weighted by molar-refractivity contribution is 5.65. The van der Waals surface area contributed by atoms with Crippen LogP contribution in [-0.2, 0) is 0 Å². The lowest BCUT2D eigenvalue weighted by molar-refractivity contribution is 0.139. The molecule has 1 heterocycles. The summed E-state index contributed by atoms with van der Waals surface area (Å²) < 4.78 is 0. The van der Waals surface area contributed by atoms with Crippen molar-refractivity contribution in [3.63, 3.8) is 0 Å². The average Bonchev–Trinajstić information content (AvgIpc) is 2.14. The minimum atomic E-state index is -0.909. The molecule has 0 radical (unpaired) electrons. The van der Waals surface area contributed by atoms with Crippen LogP contribution in [0.15, 0.2) is 0 Å². The predicted molar refractivity (Wildman–Crippen MR) is 60.0 cm³/mol. The maximum absolute atomic E-state index is 10.8. The molecule has 0 aromatic heterocycles. The minimum Gasteiger partial charge on any atom is -0.465 e. The van der Waals surface area contributed by atoms with E-state index in [1.54, 1.807) is 0 Å². The van der Waals surface area contributed by atoms with Crippen LogP contribution in [-0.4, -0.2) is 30.3 Å². The van der Waals surface area contributed by atoms with Gasteiger partial charge in [-0.15, -0.1) is 0 Å². The smallest absolute Gasteiger partial charge is 0.404 e. The van der Waals surface area contributed by atoms with Crippen molar-refractivity contribution in [2.24, 2.45) is 11.3 Å². The fraction of sp³-hybridized carbons (Fsp3) is 0.909. The third-order valence-electron chi connectivity index (χ3n) is 3.07. The van der Waals surface area contributed by atoms with Crippen LogP contribution >= 0.6 is 0 Å². The Balaban J connectivity index is 2.66. The summed E-state index contributed by atoms with van der Waals surface area (Å²) in [6, 6.07) is 0.0529. The summed E-state index contributed by atoms with van der Waals surface area (Å²) in [4.78, 5) is 10.8. The summed E-state index contributed by atoms with van der Waals surface area (Å²) >= 11 is 0. The number of carboxylic acid groups (broad SMARTS) is 1. The minimum absolute atomic E-state index is 0.0135. The second kappa shape index (κ2) is 4.84. The fourth-order valence-corrected chi connectivity index (χ4v) is 2.35. The van der Waals surface area contributed by atoms with Gasteiger partial charge in [-0.05, 0) is 37.3 Å². The first-order chi connectivity index (χ1) is 6.91. The van der Waals surface area contributed by atoms with Gasteiger partial charge in [0.05, 0.1) is 0 Å². The summed E-state index contributed by atoms with van der Waals surface area (Å²) in [5, 5.41) is 14.8. The van der Waals surface area contributed by atoms with Crippen LogP contribution in [0, 0.1) is 11.3 Å². The number of rotatable bonds is 2. The number of nitrogens with one attached hydrogen (secondary N) is 2. The Bertz CT molecular complexity index is 217. The monoisotopic (exact) mass is 214 g/mol. The van der Waals surface area contributed by atoms with E-state index in [-0.39, 0.29) is 11.5 Å². The molecule has 15 heavy (non-hydrogen) atoms. The summed E-state index contributed by atoms with van der Waals surface area (Å²) in [6.45, 7) is 8.28. The Morgan fingerprint density at radius 1 is 1.40 bits per heavy atom. The number of amides is 1. The SMILES string of the molecule is CC(C)(C)C(NC(=O)O)C1CCNCC1. The fourth-order valence-electron chi connectivity index (χ4n) is 2.35. The summed E-state index contributed by atoms with van der Waals surface area (Å²) in [5.74, 6) is 0.461. The molecule has 0 aromatic rings. The van der Waals surface area contributed by atoms with Crippen LogP contribution in [0.5, 0.6) is 0 Å². The lowest BCUT2D eigenvalue weighted by Gasteiger charge is -2.39. The molecule has 4 nitrogen and oxygen atoms in total. The van der Waals surface area contributed by atoms with E-state index >= 15 is 0 Å². The zero-order chi connectivity index (χ0) is 11.5. The number of hydrogen-bond donors (Lipinski definition) is 3. The van der Waals surface area contributed by atoms with Crippen molar-refractivity contribution in [1.82, 2.24) is 10.6 Å². The van der Waals surface area contributed by atoms with Gasteiger partial charge in [-0.2, -0.15) is 0 Å². The van der Waals surface area contributed by atoms with Crippen molar-refractivity contribution in [3.05, 3.63) is 0 Å². The number of carbonyl (C=O) groups is 1. The Labute approximate surface area is 91.4 Å². The van der Waals surface area contributed by atoms with Crippen molar-refractivity contribution < 1.29 is 9.90 Å². The van der Waals surface area contributed by atoms with E-state index in [0.717, 1.165) is 25.9 Å². The second-order valence-corrected chi connectivity index (χ2v) is 5.38. The summed E-state index contributed by atoms with van der Waals surface area (Å²) in [6.07, 6.45) is 1.21. The molecule has 88 valence electrons. The zero-order valence-electron chi connectivity index (χ0n) is 9.84. The normalized spacial score (nSPS) is 21.0. The van der Waals surface area contributed by atoms with Crippen molar-refractivity contribution in [2.45, 2.75) is 39.7 Å². The predicted octanol–water partition coefficient (Wildman–Crippen LogP) is 1.67. The van der Waals surface area contributed by atoms with E-state index in [9.17, 15) is 4.79 Å². The van der Waals surface area contributed by atoms with Crippen LogP contribution in [0.1, 0.15) is 33.6 Å².